The molecule has 0 aliphatic heterocycles. The Labute approximate surface area is 174 Å². The maximum atomic E-state index is 11.7. The minimum absolute atomic E-state index is 0.0247. The van der Waals surface area contributed by atoms with Crippen molar-refractivity contribution in [3.05, 3.63) is 52.6 Å². The SMILES string of the molecule is Nc1ccc2cc(S(=O)(=O)O)cc(O)c2c1N=Nc1ccc([N+](=O)[O-])cc1[S+](=O)(O)O. The molecule has 3 aromatic rings. The van der Waals surface area contributed by atoms with E-state index in [0.717, 1.165) is 24.3 Å². The first kappa shape index (κ1) is 22.2. The minimum atomic E-state index is -4.66. The van der Waals surface area contributed by atoms with Crippen molar-refractivity contribution in [2.24, 2.45) is 10.2 Å². The summed E-state index contributed by atoms with van der Waals surface area (Å²) in [6.45, 7) is 0. The Morgan fingerprint density at radius 3 is 2.32 bits per heavy atom. The predicted octanol–water partition coefficient (Wildman–Crippen LogP) is 3.50. The fourth-order valence-electron chi connectivity index (χ4n) is 2.69. The number of hydrogen-bond acceptors (Lipinski definition) is 9. The van der Waals surface area contributed by atoms with E-state index in [2.05, 4.69) is 10.2 Å². The van der Waals surface area contributed by atoms with Crippen molar-refractivity contribution < 1.29 is 36.3 Å². The number of phenols is 1. The normalized spacial score (nSPS) is 12.5. The van der Waals surface area contributed by atoms with Gasteiger partial charge in [0.05, 0.1) is 27.0 Å². The van der Waals surface area contributed by atoms with Gasteiger partial charge in [0.2, 0.25) is 0 Å². The molecule has 0 radical (unpaired) electrons. The maximum Gasteiger partial charge on any atom is 0.388 e. The second kappa shape index (κ2) is 7.64. The Hall–Kier alpha value is -3.50. The van der Waals surface area contributed by atoms with E-state index >= 15 is 0 Å². The van der Waals surface area contributed by atoms with Gasteiger partial charge in [-0.15, -0.1) is 10.2 Å². The highest BCUT2D eigenvalue weighted by molar-refractivity contribution is 7.92. The van der Waals surface area contributed by atoms with Gasteiger partial charge in [-0.25, -0.2) is 0 Å². The lowest BCUT2D eigenvalue weighted by Crippen LogP contribution is -2.08. The van der Waals surface area contributed by atoms with E-state index in [1.54, 1.807) is 0 Å². The Morgan fingerprint density at radius 2 is 1.74 bits per heavy atom. The number of nitrogens with zero attached hydrogens (tertiary/aromatic N) is 3. The monoisotopic (exact) mass is 469 g/mol. The van der Waals surface area contributed by atoms with Crippen LogP contribution in [0.25, 0.3) is 10.8 Å². The number of azo groups is 1. The number of hydrogen-bond donors (Lipinski definition) is 5. The Kier molecular flexibility index (Phi) is 5.47. The average Bonchev–Trinajstić information content (AvgIpc) is 2.65. The predicted molar refractivity (Wildman–Crippen MR) is 109 cm³/mol. The molecule has 0 heterocycles. The van der Waals surface area contributed by atoms with Crippen LogP contribution in [-0.2, 0) is 24.8 Å². The van der Waals surface area contributed by atoms with Crippen LogP contribution < -0.4 is 5.73 Å². The number of nitro benzene ring substituents is 1. The molecule has 0 unspecified atom stereocenters. The molecule has 15 heteroatoms. The van der Waals surface area contributed by atoms with Gasteiger partial charge in [0.1, 0.15) is 17.1 Å². The molecule has 0 aliphatic carbocycles. The number of nitrogens with two attached hydrogens (primary N) is 1. The van der Waals surface area contributed by atoms with Gasteiger partial charge in [-0.3, -0.25) is 14.7 Å². The van der Waals surface area contributed by atoms with E-state index in [4.69, 9.17) is 5.73 Å². The van der Waals surface area contributed by atoms with E-state index in [1.807, 2.05) is 0 Å². The van der Waals surface area contributed by atoms with E-state index in [9.17, 15) is 41.5 Å². The summed E-state index contributed by atoms with van der Waals surface area (Å²) in [4.78, 5) is 8.69. The lowest BCUT2D eigenvalue weighted by atomic mass is 10.1. The van der Waals surface area contributed by atoms with Crippen molar-refractivity contribution in [1.29, 1.82) is 0 Å². The fourth-order valence-corrected chi connectivity index (χ4v) is 3.88. The largest absolute Gasteiger partial charge is 0.507 e. The molecule has 3 rings (SSSR count). The van der Waals surface area contributed by atoms with Gasteiger partial charge in [-0.1, -0.05) is 6.07 Å². The Bertz CT molecular complexity index is 1410. The molecular formula is C16H13N4O9S2+. The number of aromatic hydroxyl groups is 1. The highest BCUT2D eigenvalue weighted by Gasteiger charge is 2.33. The van der Waals surface area contributed by atoms with Gasteiger partial charge >= 0.3 is 10.5 Å². The molecule has 0 amide bonds. The van der Waals surface area contributed by atoms with E-state index < -0.39 is 52.5 Å². The molecule has 31 heavy (non-hydrogen) atoms. The van der Waals surface area contributed by atoms with Crippen LogP contribution in [-0.4, -0.2) is 32.1 Å². The van der Waals surface area contributed by atoms with Crippen LogP contribution in [0.5, 0.6) is 5.75 Å². The molecule has 0 atom stereocenters. The fraction of sp³-hybridized carbons (Fsp3) is 0. The summed E-state index contributed by atoms with van der Waals surface area (Å²) >= 11 is 0. The number of fused-ring (bicyclic) bond motifs is 1. The van der Waals surface area contributed by atoms with Gasteiger partial charge in [0.15, 0.2) is 0 Å². The summed E-state index contributed by atoms with van der Waals surface area (Å²) in [5.74, 6) is -0.608. The Morgan fingerprint density at radius 1 is 1.06 bits per heavy atom. The molecule has 0 aliphatic rings. The van der Waals surface area contributed by atoms with Gasteiger partial charge in [0.25, 0.3) is 20.7 Å². The van der Waals surface area contributed by atoms with Gasteiger partial charge < -0.3 is 10.8 Å². The molecule has 0 saturated heterocycles. The minimum Gasteiger partial charge on any atom is -0.507 e. The zero-order chi connectivity index (χ0) is 23.1. The lowest BCUT2D eigenvalue weighted by molar-refractivity contribution is -0.385. The molecule has 0 aromatic heterocycles. The molecule has 0 spiro atoms. The number of nitrogen functional groups attached to an aromatic ring is 1. The summed E-state index contributed by atoms with van der Waals surface area (Å²) in [7, 11) is -9.28. The van der Waals surface area contributed by atoms with Crippen molar-refractivity contribution in [2.75, 3.05) is 5.73 Å². The topological polar surface area (TPSA) is 226 Å². The molecule has 0 fully saturated rings. The molecule has 3 aromatic carbocycles. The molecule has 6 N–H and O–H groups in total. The maximum absolute atomic E-state index is 11.7. The zero-order valence-corrected chi connectivity index (χ0v) is 16.7. The standard InChI is InChI=1S/C16H12N4O9S2/c17-11-3-1-8-5-10(30(24,25)26)7-13(21)15(8)16(11)19-18-12-4-2-9(20(22)23)6-14(12)31(27,28)29/h1-7H,(H5-,17,18,19,21,24,25,26,27,28,29)/p+1. The number of phenolic OH excluding ortho intramolecular Hbond substituents is 1. The smallest absolute Gasteiger partial charge is 0.388 e. The van der Waals surface area contributed by atoms with Crippen LogP contribution >= 0.6 is 0 Å². The van der Waals surface area contributed by atoms with Gasteiger partial charge in [0, 0.05) is 12.1 Å². The first-order valence-corrected chi connectivity index (χ1v) is 10.9. The first-order chi connectivity index (χ1) is 14.3. The molecule has 162 valence electrons. The number of rotatable bonds is 5. The third-order valence-electron chi connectivity index (χ3n) is 4.07. The van der Waals surface area contributed by atoms with Crippen LogP contribution in [0, 0.1) is 10.1 Å². The highest BCUT2D eigenvalue weighted by Crippen LogP contribution is 2.41. The van der Waals surface area contributed by atoms with Crippen LogP contribution in [0.4, 0.5) is 22.7 Å². The summed E-state index contributed by atoms with van der Waals surface area (Å²) in [6.07, 6.45) is 0. The van der Waals surface area contributed by atoms with Crippen LogP contribution in [0.1, 0.15) is 0 Å². The van der Waals surface area contributed by atoms with E-state index in [-0.39, 0.29) is 22.1 Å². The number of anilines is 1. The van der Waals surface area contributed by atoms with Crippen molar-refractivity contribution in [3.63, 3.8) is 0 Å². The number of nitro groups is 1. The lowest BCUT2D eigenvalue weighted by Gasteiger charge is -2.09. The zero-order valence-electron chi connectivity index (χ0n) is 15.1. The molecular weight excluding hydrogens is 456 g/mol. The van der Waals surface area contributed by atoms with Crippen LogP contribution in [0.15, 0.2) is 62.5 Å². The van der Waals surface area contributed by atoms with Crippen LogP contribution in [0.2, 0.25) is 0 Å². The number of benzene rings is 3. The van der Waals surface area contributed by atoms with Crippen molar-refractivity contribution in [2.45, 2.75) is 9.79 Å². The Balaban J connectivity index is 2.22. The van der Waals surface area contributed by atoms with E-state index in [0.29, 0.717) is 6.07 Å². The molecule has 0 bridgehead atoms. The first-order valence-electron chi connectivity index (χ1n) is 8.01. The van der Waals surface area contributed by atoms with Gasteiger partial charge in [-0.2, -0.15) is 17.5 Å². The number of non-ortho nitro benzene ring substituents is 1. The van der Waals surface area contributed by atoms with Gasteiger partial charge in [-0.05, 0) is 27.8 Å². The van der Waals surface area contributed by atoms with E-state index in [1.165, 1.54) is 12.1 Å². The quantitative estimate of drug-likeness (QED) is 0.0911. The summed E-state index contributed by atoms with van der Waals surface area (Å²) < 4.78 is 62.5. The average molecular weight is 469 g/mol. The summed E-state index contributed by atoms with van der Waals surface area (Å²) in [6, 6.07) is 7.06. The van der Waals surface area contributed by atoms with Crippen molar-refractivity contribution in [1.82, 2.24) is 0 Å². The molecule has 13 nitrogen and oxygen atoms in total. The van der Waals surface area contributed by atoms with Crippen molar-refractivity contribution >= 4 is 54.1 Å². The second-order valence-electron chi connectivity index (χ2n) is 6.12. The van der Waals surface area contributed by atoms with Crippen molar-refractivity contribution in [3.8, 4) is 5.75 Å². The summed E-state index contributed by atoms with van der Waals surface area (Å²) in [5, 5.41) is 28.8. The third kappa shape index (κ3) is 4.49. The molecule has 0 saturated carbocycles. The van der Waals surface area contributed by atoms with Crippen LogP contribution in [0.3, 0.4) is 0 Å². The highest BCUT2D eigenvalue weighted by atomic mass is 32.3. The second-order valence-corrected chi connectivity index (χ2v) is 8.98. The third-order valence-corrected chi connectivity index (χ3v) is 5.80. The summed E-state index contributed by atoms with van der Waals surface area (Å²) in [5.41, 5.74) is 4.69.